The Balaban J connectivity index is 1.73. The van der Waals surface area contributed by atoms with E-state index in [9.17, 15) is 14.9 Å². The predicted molar refractivity (Wildman–Crippen MR) is 125 cm³/mol. The fraction of sp³-hybridized carbons (Fsp3) is 0.333. The van der Waals surface area contributed by atoms with Crippen molar-refractivity contribution in [2.45, 2.75) is 45.6 Å². The molecule has 31 heavy (non-hydrogen) atoms. The maximum atomic E-state index is 13.5. The van der Waals surface area contributed by atoms with Crippen LogP contribution in [-0.2, 0) is 4.79 Å². The summed E-state index contributed by atoms with van der Waals surface area (Å²) in [6.07, 6.45) is 6.10. The number of carbonyl (C=O) groups is 1. The lowest BCUT2D eigenvalue weighted by atomic mass is 9.85. The highest BCUT2D eigenvalue weighted by atomic mass is 32.2. The van der Waals surface area contributed by atoms with Crippen LogP contribution in [0.1, 0.15) is 43.7 Å². The number of nitrogens with zero attached hydrogens (tertiary/aromatic N) is 3. The predicted octanol–water partition coefficient (Wildman–Crippen LogP) is 6.09. The maximum Gasteiger partial charge on any atom is 0.272 e. The van der Waals surface area contributed by atoms with Gasteiger partial charge in [-0.1, -0.05) is 50.1 Å². The Morgan fingerprint density at radius 1 is 1.16 bits per heavy atom. The fourth-order valence-electron chi connectivity index (χ4n) is 4.21. The summed E-state index contributed by atoms with van der Waals surface area (Å²) in [5.41, 5.74) is 2.10. The summed E-state index contributed by atoms with van der Waals surface area (Å²) in [6, 6.07) is 14.8. The van der Waals surface area contributed by atoms with Crippen LogP contribution in [0.5, 0.6) is 0 Å². The van der Waals surface area contributed by atoms with Gasteiger partial charge in [-0.2, -0.15) is 0 Å². The van der Waals surface area contributed by atoms with E-state index in [2.05, 4.69) is 6.92 Å². The molecule has 0 aromatic heterocycles. The first-order valence-corrected chi connectivity index (χ1v) is 11.4. The van der Waals surface area contributed by atoms with Crippen molar-refractivity contribution in [2.24, 2.45) is 10.9 Å². The van der Waals surface area contributed by atoms with Crippen LogP contribution < -0.4 is 0 Å². The molecule has 1 saturated heterocycles. The first kappa shape index (κ1) is 21.3. The van der Waals surface area contributed by atoms with Crippen molar-refractivity contribution in [2.75, 3.05) is 0 Å². The zero-order chi connectivity index (χ0) is 22.0. The van der Waals surface area contributed by atoms with Gasteiger partial charge in [-0.3, -0.25) is 19.8 Å². The summed E-state index contributed by atoms with van der Waals surface area (Å²) in [6.45, 7) is 3.91. The van der Waals surface area contributed by atoms with Crippen LogP contribution in [0.3, 0.4) is 0 Å². The number of aryl methyl sites for hydroxylation is 1. The summed E-state index contributed by atoms with van der Waals surface area (Å²) in [5.74, 6) is 0.334. The second kappa shape index (κ2) is 9.06. The van der Waals surface area contributed by atoms with Gasteiger partial charge in [0, 0.05) is 17.7 Å². The standard InChI is InChI=1S/C24H25N3O3S/c1-16-8-6-7-11-20(16)26-23(28)22(31-24(26)25-19-9-4-3-5-10-19)15-18-13-12-17(2)21(14-18)27(29)30/h3-5,9-10,12-16,20H,6-8,11H2,1-2H3/b22-15-,25-24?/t16-,20-/m1/s1. The molecule has 2 aromatic rings. The Bertz CT molecular complexity index is 1060. The highest BCUT2D eigenvalue weighted by Gasteiger charge is 2.41. The molecule has 0 radical (unpaired) electrons. The third-order valence-corrected chi connectivity index (χ3v) is 6.93. The minimum atomic E-state index is -0.390. The molecule has 1 aliphatic carbocycles. The number of para-hydroxylation sites is 1. The van der Waals surface area contributed by atoms with E-state index in [-0.39, 0.29) is 22.6 Å². The minimum Gasteiger partial charge on any atom is -0.283 e. The molecular weight excluding hydrogens is 410 g/mol. The smallest absolute Gasteiger partial charge is 0.272 e. The molecule has 2 aliphatic rings. The number of hydrogen-bond acceptors (Lipinski definition) is 5. The molecule has 1 amide bonds. The van der Waals surface area contributed by atoms with Crippen LogP contribution in [0.15, 0.2) is 58.4 Å². The Hall–Kier alpha value is -2.93. The molecule has 2 aromatic carbocycles. The molecule has 1 saturated carbocycles. The molecule has 0 N–H and O–H groups in total. The first-order chi connectivity index (χ1) is 14.9. The van der Waals surface area contributed by atoms with Crippen LogP contribution in [0.25, 0.3) is 6.08 Å². The molecule has 1 heterocycles. The monoisotopic (exact) mass is 435 g/mol. The summed E-state index contributed by atoms with van der Waals surface area (Å²) in [5, 5.41) is 12.0. The quantitative estimate of drug-likeness (QED) is 0.331. The number of aliphatic imine (C=N–C) groups is 1. The average molecular weight is 436 g/mol. The second-order valence-corrected chi connectivity index (χ2v) is 9.16. The average Bonchev–Trinajstić information content (AvgIpc) is 3.05. The zero-order valence-corrected chi connectivity index (χ0v) is 18.5. The highest BCUT2D eigenvalue weighted by Crippen LogP contribution is 2.40. The largest absolute Gasteiger partial charge is 0.283 e. The highest BCUT2D eigenvalue weighted by molar-refractivity contribution is 8.18. The number of hydrogen-bond donors (Lipinski definition) is 0. The lowest BCUT2D eigenvalue weighted by molar-refractivity contribution is -0.385. The van der Waals surface area contributed by atoms with Gasteiger partial charge in [0.1, 0.15) is 0 Å². The van der Waals surface area contributed by atoms with Crippen molar-refractivity contribution >= 4 is 40.3 Å². The van der Waals surface area contributed by atoms with Crippen molar-refractivity contribution in [3.05, 3.63) is 74.7 Å². The van der Waals surface area contributed by atoms with Gasteiger partial charge in [-0.25, -0.2) is 4.99 Å². The summed E-state index contributed by atoms with van der Waals surface area (Å²) in [4.78, 5) is 31.6. The van der Waals surface area contributed by atoms with Crippen LogP contribution in [0.2, 0.25) is 0 Å². The van der Waals surface area contributed by atoms with Gasteiger partial charge in [-0.05, 0) is 61.2 Å². The Morgan fingerprint density at radius 3 is 2.61 bits per heavy atom. The van der Waals surface area contributed by atoms with E-state index in [4.69, 9.17) is 4.99 Å². The van der Waals surface area contributed by atoms with Gasteiger partial charge in [0.05, 0.1) is 15.5 Å². The van der Waals surface area contributed by atoms with Crippen LogP contribution >= 0.6 is 11.8 Å². The Labute approximate surface area is 186 Å². The summed E-state index contributed by atoms with van der Waals surface area (Å²) >= 11 is 1.35. The van der Waals surface area contributed by atoms with E-state index in [1.807, 2.05) is 41.3 Å². The molecular formula is C24H25N3O3S. The van der Waals surface area contributed by atoms with E-state index in [1.54, 1.807) is 19.1 Å². The van der Waals surface area contributed by atoms with E-state index in [0.717, 1.165) is 24.9 Å². The molecule has 7 heteroatoms. The van der Waals surface area contributed by atoms with E-state index < -0.39 is 0 Å². The zero-order valence-electron chi connectivity index (χ0n) is 17.7. The molecule has 2 fully saturated rings. The van der Waals surface area contributed by atoms with Crippen molar-refractivity contribution in [3.63, 3.8) is 0 Å². The minimum absolute atomic E-state index is 0.0562. The number of amides is 1. The molecule has 6 nitrogen and oxygen atoms in total. The van der Waals surface area contributed by atoms with Crippen LogP contribution in [0.4, 0.5) is 11.4 Å². The van der Waals surface area contributed by atoms with Gasteiger partial charge in [0.15, 0.2) is 5.17 Å². The van der Waals surface area contributed by atoms with Gasteiger partial charge >= 0.3 is 0 Å². The second-order valence-electron chi connectivity index (χ2n) is 8.15. The third-order valence-electron chi connectivity index (χ3n) is 5.94. The van der Waals surface area contributed by atoms with E-state index >= 15 is 0 Å². The number of rotatable bonds is 4. The SMILES string of the molecule is Cc1ccc(/C=C2\SC(=Nc3ccccc3)N([C@@H]3CCCC[C@H]3C)C2=O)cc1[N+](=O)[O-]. The van der Waals surface area contributed by atoms with Gasteiger partial charge < -0.3 is 0 Å². The molecule has 0 bridgehead atoms. The van der Waals surface area contributed by atoms with Crippen molar-refractivity contribution < 1.29 is 9.72 Å². The van der Waals surface area contributed by atoms with Gasteiger partial charge in [-0.15, -0.1) is 0 Å². The van der Waals surface area contributed by atoms with Crippen LogP contribution in [-0.4, -0.2) is 26.9 Å². The maximum absolute atomic E-state index is 13.5. The molecule has 2 atom stereocenters. The number of amidine groups is 1. The lowest BCUT2D eigenvalue weighted by Crippen LogP contribution is -2.44. The molecule has 4 rings (SSSR count). The van der Waals surface area contributed by atoms with E-state index in [0.29, 0.717) is 27.1 Å². The first-order valence-electron chi connectivity index (χ1n) is 10.6. The summed E-state index contributed by atoms with van der Waals surface area (Å²) in [7, 11) is 0. The molecule has 0 spiro atoms. The number of nitro benzene ring substituents is 1. The van der Waals surface area contributed by atoms with Gasteiger partial charge in [0.2, 0.25) is 0 Å². The van der Waals surface area contributed by atoms with Crippen molar-refractivity contribution in [1.82, 2.24) is 4.90 Å². The number of benzene rings is 2. The normalized spacial score (nSPS) is 24.2. The molecule has 160 valence electrons. The number of nitro groups is 1. The number of carbonyl (C=O) groups excluding carboxylic acids is 1. The Morgan fingerprint density at radius 2 is 1.90 bits per heavy atom. The van der Waals surface area contributed by atoms with Crippen molar-refractivity contribution in [1.29, 1.82) is 0 Å². The number of thioether (sulfide) groups is 1. The lowest BCUT2D eigenvalue weighted by Gasteiger charge is -2.35. The van der Waals surface area contributed by atoms with Crippen LogP contribution in [0, 0.1) is 23.0 Å². The summed E-state index contributed by atoms with van der Waals surface area (Å²) < 4.78 is 0. The molecule has 0 unspecified atom stereocenters. The topological polar surface area (TPSA) is 75.8 Å². The molecule has 1 aliphatic heterocycles. The van der Waals surface area contributed by atoms with Gasteiger partial charge in [0.25, 0.3) is 11.6 Å². The van der Waals surface area contributed by atoms with E-state index in [1.165, 1.54) is 24.2 Å². The third kappa shape index (κ3) is 4.56. The van der Waals surface area contributed by atoms with Crippen molar-refractivity contribution in [3.8, 4) is 0 Å². The fourth-order valence-corrected chi connectivity index (χ4v) is 5.26. The Kier molecular flexibility index (Phi) is 6.23.